The third-order valence-electron chi connectivity index (χ3n) is 4.51. The van der Waals surface area contributed by atoms with Crippen LogP contribution in [-0.2, 0) is 11.3 Å². The molecule has 1 amide bonds. The van der Waals surface area contributed by atoms with Crippen molar-refractivity contribution in [3.05, 3.63) is 80.5 Å². The number of benzene rings is 2. The Morgan fingerprint density at radius 1 is 1.13 bits per heavy atom. The van der Waals surface area contributed by atoms with Gasteiger partial charge in [0.15, 0.2) is 0 Å². The summed E-state index contributed by atoms with van der Waals surface area (Å²) in [5.41, 5.74) is 5.48. The number of para-hydroxylation sites is 1. The number of hydrazone groups is 1. The average Bonchev–Trinajstić information content (AvgIpc) is 2.99. The van der Waals surface area contributed by atoms with Crippen molar-refractivity contribution in [2.24, 2.45) is 5.10 Å². The molecule has 0 atom stereocenters. The van der Waals surface area contributed by atoms with Gasteiger partial charge in [0.25, 0.3) is 5.91 Å². The Kier molecular flexibility index (Phi) is 7.25. The summed E-state index contributed by atoms with van der Waals surface area (Å²) in [5.74, 6) is -0.599. The van der Waals surface area contributed by atoms with Crippen LogP contribution in [0.2, 0.25) is 5.02 Å². The van der Waals surface area contributed by atoms with Gasteiger partial charge in [0.1, 0.15) is 12.3 Å². The smallest absolute Gasteiger partial charge is 0.345 e. The molecular weight excluding hydrogens is 484 g/mol. The standard InChI is InChI=1S/C22H20BrClN4O3/c1-13(25-26-20(29)12-28-15(3)21(23)14(2)27-28)16-8-5-7-11-19(16)31-22(30)17-9-4-6-10-18(17)24/h4-11H,12H2,1-3H3,(H,26,29)/b25-13+. The molecule has 0 aliphatic carbocycles. The highest BCUT2D eigenvalue weighted by Crippen LogP contribution is 2.23. The number of amides is 1. The molecule has 3 aromatic rings. The molecule has 0 bridgehead atoms. The van der Waals surface area contributed by atoms with Crippen LogP contribution in [0.25, 0.3) is 0 Å². The van der Waals surface area contributed by atoms with Crippen LogP contribution < -0.4 is 10.2 Å². The molecule has 0 radical (unpaired) electrons. The highest BCUT2D eigenvalue weighted by atomic mass is 79.9. The van der Waals surface area contributed by atoms with Crippen LogP contribution in [0.3, 0.4) is 0 Å². The third kappa shape index (κ3) is 5.39. The number of carbonyl (C=O) groups excluding carboxylic acids is 2. The lowest BCUT2D eigenvalue weighted by Crippen LogP contribution is -2.25. The summed E-state index contributed by atoms with van der Waals surface area (Å²) in [6.45, 7) is 5.46. The molecule has 160 valence electrons. The van der Waals surface area contributed by atoms with Crippen LogP contribution in [-0.4, -0.2) is 27.4 Å². The van der Waals surface area contributed by atoms with Crippen molar-refractivity contribution in [2.45, 2.75) is 27.3 Å². The second-order valence-corrected chi connectivity index (χ2v) is 7.94. The molecule has 0 saturated heterocycles. The van der Waals surface area contributed by atoms with Gasteiger partial charge in [-0.1, -0.05) is 35.9 Å². The Morgan fingerprint density at radius 2 is 1.77 bits per heavy atom. The molecule has 0 saturated carbocycles. The number of rotatable bonds is 6. The SMILES string of the molecule is C/C(=N\NC(=O)Cn1nc(C)c(Br)c1C)c1ccccc1OC(=O)c1ccccc1Cl. The molecule has 0 spiro atoms. The number of ether oxygens (including phenoxy) is 1. The summed E-state index contributed by atoms with van der Waals surface area (Å²) in [6, 6.07) is 13.6. The Morgan fingerprint density at radius 3 is 2.42 bits per heavy atom. The van der Waals surface area contributed by atoms with E-state index < -0.39 is 5.97 Å². The second kappa shape index (κ2) is 9.89. The number of halogens is 2. The van der Waals surface area contributed by atoms with Crippen molar-refractivity contribution >= 4 is 45.1 Å². The van der Waals surface area contributed by atoms with Crippen LogP contribution >= 0.6 is 27.5 Å². The van der Waals surface area contributed by atoms with Gasteiger partial charge in [0.2, 0.25) is 0 Å². The number of nitrogens with zero attached hydrogens (tertiary/aromatic N) is 3. The van der Waals surface area contributed by atoms with E-state index in [-0.39, 0.29) is 18.0 Å². The number of aryl methyl sites for hydroxylation is 1. The van der Waals surface area contributed by atoms with Crippen molar-refractivity contribution in [3.63, 3.8) is 0 Å². The number of aromatic nitrogens is 2. The maximum absolute atomic E-state index is 12.5. The molecule has 0 aliphatic heterocycles. The first-order valence-electron chi connectivity index (χ1n) is 9.36. The van der Waals surface area contributed by atoms with Crippen LogP contribution in [0.5, 0.6) is 5.75 Å². The van der Waals surface area contributed by atoms with Gasteiger partial charge in [-0.2, -0.15) is 10.2 Å². The van der Waals surface area contributed by atoms with Crippen LogP contribution in [0, 0.1) is 13.8 Å². The van der Waals surface area contributed by atoms with Gasteiger partial charge in [0, 0.05) is 5.56 Å². The van der Waals surface area contributed by atoms with E-state index in [9.17, 15) is 9.59 Å². The fourth-order valence-electron chi connectivity index (χ4n) is 2.84. The Balaban J connectivity index is 1.73. The van der Waals surface area contributed by atoms with E-state index in [0.29, 0.717) is 22.0 Å². The Bertz CT molecular complexity index is 1170. The molecule has 9 heteroatoms. The van der Waals surface area contributed by atoms with Gasteiger partial charge in [-0.25, -0.2) is 10.2 Å². The number of carbonyl (C=O) groups is 2. The molecule has 0 unspecified atom stereocenters. The molecule has 1 aromatic heterocycles. The molecule has 31 heavy (non-hydrogen) atoms. The van der Waals surface area contributed by atoms with Crippen LogP contribution in [0.15, 0.2) is 58.1 Å². The zero-order valence-electron chi connectivity index (χ0n) is 17.1. The molecule has 1 heterocycles. The summed E-state index contributed by atoms with van der Waals surface area (Å²) < 4.78 is 8.00. The molecule has 0 aliphatic rings. The first-order chi connectivity index (χ1) is 14.8. The summed E-state index contributed by atoms with van der Waals surface area (Å²) in [6.07, 6.45) is 0. The molecule has 7 nitrogen and oxygen atoms in total. The van der Waals surface area contributed by atoms with Crippen molar-refractivity contribution in [3.8, 4) is 5.75 Å². The minimum absolute atomic E-state index is 0.0260. The second-order valence-electron chi connectivity index (χ2n) is 6.74. The third-order valence-corrected chi connectivity index (χ3v) is 5.99. The summed E-state index contributed by atoms with van der Waals surface area (Å²) in [4.78, 5) is 24.8. The van der Waals surface area contributed by atoms with E-state index in [1.165, 1.54) is 0 Å². The summed E-state index contributed by atoms with van der Waals surface area (Å²) >= 11 is 9.52. The first kappa shape index (κ1) is 22.7. The monoisotopic (exact) mass is 502 g/mol. The fraction of sp³-hybridized carbons (Fsp3) is 0.182. The number of esters is 1. The summed E-state index contributed by atoms with van der Waals surface area (Å²) in [5, 5.41) is 8.77. The predicted molar refractivity (Wildman–Crippen MR) is 123 cm³/mol. The van der Waals surface area contributed by atoms with Crippen molar-refractivity contribution in [1.29, 1.82) is 0 Å². The molecule has 3 rings (SSSR count). The Hall–Kier alpha value is -2.97. The van der Waals surface area contributed by atoms with E-state index in [1.807, 2.05) is 13.8 Å². The largest absolute Gasteiger partial charge is 0.422 e. The average molecular weight is 504 g/mol. The zero-order valence-corrected chi connectivity index (χ0v) is 19.5. The molecule has 1 N–H and O–H groups in total. The van der Waals surface area contributed by atoms with Gasteiger partial charge < -0.3 is 4.74 Å². The fourth-order valence-corrected chi connectivity index (χ4v) is 3.34. The van der Waals surface area contributed by atoms with Crippen LogP contribution in [0.1, 0.15) is 34.2 Å². The van der Waals surface area contributed by atoms with Gasteiger partial charge in [-0.3, -0.25) is 9.48 Å². The molecule has 0 fully saturated rings. The molecule has 2 aromatic carbocycles. The number of hydrogen-bond donors (Lipinski definition) is 1. The topological polar surface area (TPSA) is 85.6 Å². The van der Waals surface area contributed by atoms with E-state index in [1.54, 1.807) is 60.1 Å². The maximum atomic E-state index is 12.5. The van der Waals surface area contributed by atoms with Crippen LogP contribution in [0.4, 0.5) is 0 Å². The highest BCUT2D eigenvalue weighted by Gasteiger charge is 2.16. The van der Waals surface area contributed by atoms with Crippen molar-refractivity contribution in [2.75, 3.05) is 0 Å². The summed E-state index contributed by atoms with van der Waals surface area (Å²) in [7, 11) is 0. The van der Waals surface area contributed by atoms with E-state index >= 15 is 0 Å². The van der Waals surface area contributed by atoms with Gasteiger partial charge in [-0.15, -0.1) is 0 Å². The van der Waals surface area contributed by atoms with E-state index in [4.69, 9.17) is 16.3 Å². The van der Waals surface area contributed by atoms with Gasteiger partial charge in [0.05, 0.1) is 32.2 Å². The van der Waals surface area contributed by atoms with E-state index in [2.05, 4.69) is 31.6 Å². The lowest BCUT2D eigenvalue weighted by Gasteiger charge is -2.11. The Labute approximate surface area is 193 Å². The minimum Gasteiger partial charge on any atom is -0.422 e. The van der Waals surface area contributed by atoms with Crippen molar-refractivity contribution < 1.29 is 14.3 Å². The normalized spacial score (nSPS) is 11.3. The highest BCUT2D eigenvalue weighted by molar-refractivity contribution is 9.10. The lowest BCUT2D eigenvalue weighted by atomic mass is 10.1. The maximum Gasteiger partial charge on any atom is 0.345 e. The van der Waals surface area contributed by atoms with Gasteiger partial charge >= 0.3 is 5.97 Å². The van der Waals surface area contributed by atoms with Gasteiger partial charge in [-0.05, 0) is 61.0 Å². The lowest BCUT2D eigenvalue weighted by molar-refractivity contribution is -0.121. The zero-order chi connectivity index (χ0) is 22.5. The quantitative estimate of drug-likeness (QED) is 0.229. The van der Waals surface area contributed by atoms with Crippen molar-refractivity contribution in [1.82, 2.24) is 15.2 Å². The minimum atomic E-state index is -0.579. The van der Waals surface area contributed by atoms with E-state index in [0.717, 1.165) is 15.9 Å². The number of nitrogens with one attached hydrogen (secondary N) is 1. The predicted octanol–water partition coefficient (Wildman–Crippen LogP) is 4.68. The number of hydrogen-bond acceptors (Lipinski definition) is 5. The molecular formula is C22H20BrClN4O3. The first-order valence-corrected chi connectivity index (χ1v) is 10.5.